The molecule has 3 heterocycles. The van der Waals surface area contributed by atoms with Crippen molar-refractivity contribution in [3.8, 4) is 5.88 Å². The Hall–Kier alpha value is -1.11. The lowest BCUT2D eigenvalue weighted by atomic mass is 10.1. The first-order valence-electron chi connectivity index (χ1n) is 6.54. The van der Waals surface area contributed by atoms with E-state index in [1.807, 2.05) is 6.92 Å². The lowest BCUT2D eigenvalue weighted by molar-refractivity contribution is 0.0342. The lowest BCUT2D eigenvalue weighted by Gasteiger charge is -2.36. The molecule has 2 aliphatic heterocycles. The van der Waals surface area contributed by atoms with E-state index in [1.54, 1.807) is 6.20 Å². The number of fused-ring (bicyclic) bond motifs is 1. The Kier molecular flexibility index (Phi) is 3.72. The van der Waals surface area contributed by atoms with Crippen LogP contribution >= 0.6 is 11.6 Å². The summed E-state index contributed by atoms with van der Waals surface area (Å²) in [7, 11) is 0. The van der Waals surface area contributed by atoms with E-state index >= 15 is 0 Å². The second-order valence-electron chi connectivity index (χ2n) is 4.58. The minimum Gasteiger partial charge on any atom is -0.477 e. The van der Waals surface area contributed by atoms with Gasteiger partial charge in [-0.2, -0.15) is 4.98 Å². The molecule has 19 heavy (non-hydrogen) atoms. The zero-order valence-corrected chi connectivity index (χ0v) is 11.6. The molecule has 2 atom stereocenters. The highest BCUT2D eigenvalue weighted by Crippen LogP contribution is 2.27. The van der Waals surface area contributed by atoms with Gasteiger partial charge in [0.15, 0.2) is 0 Å². The maximum absolute atomic E-state index is 6.02. The Morgan fingerprint density at radius 1 is 1.58 bits per heavy atom. The molecule has 2 aliphatic rings. The van der Waals surface area contributed by atoms with Crippen molar-refractivity contribution in [2.24, 2.45) is 0 Å². The van der Waals surface area contributed by atoms with Crippen molar-refractivity contribution < 1.29 is 9.47 Å². The van der Waals surface area contributed by atoms with Gasteiger partial charge in [0.1, 0.15) is 5.02 Å². The van der Waals surface area contributed by atoms with Crippen molar-refractivity contribution in [3.05, 3.63) is 11.2 Å². The van der Waals surface area contributed by atoms with E-state index in [1.165, 1.54) is 0 Å². The van der Waals surface area contributed by atoms with Gasteiger partial charge in [-0.1, -0.05) is 11.6 Å². The molecule has 0 aromatic carbocycles. The summed E-state index contributed by atoms with van der Waals surface area (Å²) in [6.07, 6.45) is 1.81. The van der Waals surface area contributed by atoms with Crippen LogP contribution in [-0.2, 0) is 4.74 Å². The highest BCUT2D eigenvalue weighted by molar-refractivity contribution is 6.31. The molecule has 1 aromatic rings. The third kappa shape index (κ3) is 2.48. The number of ether oxygens (including phenoxy) is 2. The van der Waals surface area contributed by atoms with Crippen LogP contribution in [0, 0.1) is 0 Å². The number of hydrogen-bond acceptors (Lipinski definition) is 6. The first-order valence-corrected chi connectivity index (χ1v) is 6.91. The summed E-state index contributed by atoms with van der Waals surface area (Å²) >= 11 is 6.02. The van der Waals surface area contributed by atoms with Crippen molar-refractivity contribution in [1.29, 1.82) is 0 Å². The van der Waals surface area contributed by atoms with Crippen molar-refractivity contribution >= 4 is 17.5 Å². The summed E-state index contributed by atoms with van der Waals surface area (Å²) in [5.41, 5.74) is 0. The first kappa shape index (κ1) is 12.9. The van der Waals surface area contributed by atoms with Gasteiger partial charge in [-0.15, -0.1) is 0 Å². The molecule has 0 unspecified atom stereocenters. The number of hydrogen-bond donors (Lipinski definition) is 1. The molecule has 2 saturated heterocycles. The number of halogens is 1. The van der Waals surface area contributed by atoms with Crippen LogP contribution in [0.5, 0.6) is 5.88 Å². The minimum absolute atomic E-state index is 0.212. The third-order valence-corrected chi connectivity index (χ3v) is 3.69. The molecule has 1 N–H and O–H groups in total. The summed E-state index contributed by atoms with van der Waals surface area (Å²) in [5, 5.41) is 3.78. The normalized spacial score (nSPS) is 26.3. The third-order valence-electron chi connectivity index (χ3n) is 3.43. The van der Waals surface area contributed by atoms with Crippen LogP contribution in [-0.4, -0.2) is 55.0 Å². The molecule has 1 aromatic heterocycles. The van der Waals surface area contributed by atoms with Gasteiger partial charge in [-0.05, 0) is 6.92 Å². The van der Waals surface area contributed by atoms with Gasteiger partial charge < -0.3 is 19.7 Å². The van der Waals surface area contributed by atoms with Crippen LogP contribution in [0.1, 0.15) is 6.92 Å². The average molecular weight is 285 g/mol. The number of rotatable bonds is 3. The molecule has 7 heteroatoms. The molecule has 104 valence electrons. The number of anilines is 1. The Morgan fingerprint density at radius 3 is 3.32 bits per heavy atom. The Bertz CT molecular complexity index is 459. The monoisotopic (exact) mass is 284 g/mol. The zero-order valence-electron chi connectivity index (χ0n) is 10.8. The summed E-state index contributed by atoms with van der Waals surface area (Å²) in [6, 6.07) is 0.282. The van der Waals surface area contributed by atoms with E-state index < -0.39 is 0 Å². The molecular formula is C12H17ClN4O2. The molecule has 6 nitrogen and oxygen atoms in total. The van der Waals surface area contributed by atoms with Crippen molar-refractivity contribution in [1.82, 2.24) is 15.3 Å². The summed E-state index contributed by atoms with van der Waals surface area (Å²) in [4.78, 5) is 10.9. The van der Waals surface area contributed by atoms with Gasteiger partial charge in [0.25, 0.3) is 0 Å². The van der Waals surface area contributed by atoms with Gasteiger partial charge in [-0.25, -0.2) is 4.98 Å². The molecule has 0 spiro atoms. The predicted molar refractivity (Wildman–Crippen MR) is 72.0 cm³/mol. The topological polar surface area (TPSA) is 59.5 Å². The lowest BCUT2D eigenvalue weighted by Crippen LogP contribution is -2.51. The second kappa shape index (κ2) is 5.48. The van der Waals surface area contributed by atoms with Gasteiger partial charge in [-0.3, -0.25) is 0 Å². The highest BCUT2D eigenvalue weighted by atomic mass is 35.5. The van der Waals surface area contributed by atoms with Crippen LogP contribution in [0.4, 0.5) is 5.95 Å². The largest absolute Gasteiger partial charge is 0.477 e. The van der Waals surface area contributed by atoms with E-state index in [0.717, 1.165) is 19.6 Å². The number of nitrogens with one attached hydrogen (secondary N) is 1. The maximum Gasteiger partial charge on any atom is 0.237 e. The summed E-state index contributed by atoms with van der Waals surface area (Å²) in [6.45, 7) is 5.69. The number of morpholine rings is 1. The summed E-state index contributed by atoms with van der Waals surface area (Å²) in [5.74, 6) is 1.11. The minimum atomic E-state index is 0.212. The predicted octanol–water partition coefficient (Wildman–Crippen LogP) is 0.706. The van der Waals surface area contributed by atoms with Crippen molar-refractivity contribution in [3.63, 3.8) is 0 Å². The van der Waals surface area contributed by atoms with Crippen LogP contribution < -0.4 is 15.0 Å². The van der Waals surface area contributed by atoms with Crippen LogP contribution in [0.2, 0.25) is 5.02 Å². The smallest absolute Gasteiger partial charge is 0.237 e. The van der Waals surface area contributed by atoms with Crippen LogP contribution in [0.15, 0.2) is 6.20 Å². The van der Waals surface area contributed by atoms with Crippen molar-refractivity contribution in [2.75, 3.05) is 37.7 Å². The van der Waals surface area contributed by atoms with Gasteiger partial charge >= 0.3 is 0 Å². The molecular weight excluding hydrogens is 268 g/mol. The average Bonchev–Trinajstić information content (AvgIpc) is 2.90. The molecule has 0 radical (unpaired) electrons. The number of aromatic nitrogens is 2. The first-order chi connectivity index (χ1) is 9.29. The van der Waals surface area contributed by atoms with Gasteiger partial charge in [0.2, 0.25) is 11.8 Å². The van der Waals surface area contributed by atoms with Gasteiger partial charge in [0.05, 0.1) is 31.6 Å². The van der Waals surface area contributed by atoms with Crippen LogP contribution in [0.25, 0.3) is 0 Å². The van der Waals surface area contributed by atoms with Gasteiger partial charge in [0, 0.05) is 19.6 Å². The molecule has 0 amide bonds. The van der Waals surface area contributed by atoms with E-state index in [2.05, 4.69) is 20.2 Å². The Morgan fingerprint density at radius 2 is 2.47 bits per heavy atom. The highest BCUT2D eigenvalue weighted by Gasteiger charge is 2.37. The molecule has 0 bridgehead atoms. The Balaban J connectivity index is 1.86. The number of nitrogens with zero attached hydrogens (tertiary/aromatic N) is 3. The molecule has 0 saturated carbocycles. The standard InChI is InChI=1S/C12H17ClN4O2/c1-2-18-11-8(13)5-15-12(16-11)17-3-4-19-10-7-14-6-9(10)17/h5,9-10,14H,2-4,6-7H2,1H3/t9-,10+/m0/s1. The van der Waals surface area contributed by atoms with E-state index in [0.29, 0.717) is 30.1 Å². The van der Waals surface area contributed by atoms with Crippen molar-refractivity contribution in [2.45, 2.75) is 19.1 Å². The fourth-order valence-corrected chi connectivity index (χ4v) is 2.70. The fourth-order valence-electron chi connectivity index (χ4n) is 2.56. The zero-order chi connectivity index (χ0) is 13.2. The van der Waals surface area contributed by atoms with E-state index in [9.17, 15) is 0 Å². The van der Waals surface area contributed by atoms with E-state index in [-0.39, 0.29) is 12.1 Å². The molecule has 2 fully saturated rings. The maximum atomic E-state index is 6.02. The van der Waals surface area contributed by atoms with Crippen LogP contribution in [0.3, 0.4) is 0 Å². The molecule has 3 rings (SSSR count). The van der Waals surface area contributed by atoms with E-state index in [4.69, 9.17) is 21.1 Å². The second-order valence-corrected chi connectivity index (χ2v) is 4.99. The molecule has 0 aliphatic carbocycles. The quantitative estimate of drug-likeness (QED) is 0.882. The SMILES string of the molecule is CCOc1nc(N2CCO[C@@H]3CNC[C@@H]32)ncc1Cl. The Labute approximate surface area is 117 Å². The fraction of sp³-hybridized carbons (Fsp3) is 0.667. The summed E-state index contributed by atoms with van der Waals surface area (Å²) < 4.78 is 11.2.